The van der Waals surface area contributed by atoms with Crippen LogP contribution in [0.1, 0.15) is 5.56 Å². The van der Waals surface area contributed by atoms with Crippen molar-refractivity contribution < 1.29 is 9.50 Å². The smallest absolute Gasteiger partial charge is 0.123 e. The monoisotopic (exact) mass is 260 g/mol. The van der Waals surface area contributed by atoms with Crippen LogP contribution in [0.25, 0.3) is 0 Å². The zero-order valence-electron chi connectivity index (χ0n) is 11.0. The molecule has 0 fully saturated rings. The zero-order valence-corrected chi connectivity index (χ0v) is 11.0. The molecule has 2 aromatic rings. The van der Waals surface area contributed by atoms with E-state index in [1.165, 1.54) is 18.2 Å². The minimum absolute atomic E-state index is 0.0951. The van der Waals surface area contributed by atoms with Gasteiger partial charge in [0.2, 0.25) is 0 Å². The summed E-state index contributed by atoms with van der Waals surface area (Å²) in [6.07, 6.45) is 0. The number of nitrogens with zero attached hydrogens (tertiary/aromatic N) is 1. The number of aromatic hydroxyl groups is 1. The number of anilines is 2. The molecule has 3 nitrogen and oxygen atoms in total. The Balaban J connectivity index is 2.10. The minimum Gasteiger partial charge on any atom is -0.508 e. The van der Waals surface area contributed by atoms with Gasteiger partial charge in [0, 0.05) is 37.6 Å². The number of benzene rings is 2. The first-order valence-corrected chi connectivity index (χ1v) is 6.05. The van der Waals surface area contributed by atoms with Gasteiger partial charge in [0.05, 0.1) is 0 Å². The molecule has 0 aliphatic rings. The molecule has 0 spiro atoms. The molecular weight excluding hydrogens is 243 g/mol. The number of phenolic OH excluding ortho intramolecular Hbond substituents is 1. The highest BCUT2D eigenvalue weighted by Gasteiger charge is 2.03. The van der Waals surface area contributed by atoms with Gasteiger partial charge < -0.3 is 15.3 Å². The lowest BCUT2D eigenvalue weighted by Gasteiger charge is -2.14. The Hall–Kier alpha value is -2.23. The molecule has 2 aromatic carbocycles. The van der Waals surface area contributed by atoms with Crippen molar-refractivity contribution in [1.82, 2.24) is 0 Å². The van der Waals surface area contributed by atoms with E-state index in [-0.39, 0.29) is 11.6 Å². The molecule has 0 saturated carbocycles. The number of hydrogen-bond acceptors (Lipinski definition) is 3. The van der Waals surface area contributed by atoms with Gasteiger partial charge in [-0.1, -0.05) is 6.07 Å². The van der Waals surface area contributed by atoms with Gasteiger partial charge in [0.25, 0.3) is 0 Å². The highest BCUT2D eigenvalue weighted by atomic mass is 19.1. The molecule has 0 heterocycles. The molecule has 100 valence electrons. The normalized spacial score (nSPS) is 10.3. The molecule has 0 unspecified atom stereocenters. The molecule has 0 saturated heterocycles. The summed E-state index contributed by atoms with van der Waals surface area (Å²) < 4.78 is 13.1. The first-order valence-electron chi connectivity index (χ1n) is 6.05. The summed E-state index contributed by atoms with van der Waals surface area (Å²) in [6.45, 7) is 0.375. The van der Waals surface area contributed by atoms with Gasteiger partial charge in [-0.2, -0.15) is 0 Å². The summed E-state index contributed by atoms with van der Waals surface area (Å²) in [5, 5.41) is 12.8. The van der Waals surface area contributed by atoms with Crippen molar-refractivity contribution >= 4 is 11.4 Å². The summed E-state index contributed by atoms with van der Waals surface area (Å²) >= 11 is 0. The average Bonchev–Trinajstić information content (AvgIpc) is 2.40. The van der Waals surface area contributed by atoms with E-state index in [0.717, 1.165) is 11.4 Å². The maximum atomic E-state index is 13.1. The second-order valence-corrected chi connectivity index (χ2v) is 4.57. The van der Waals surface area contributed by atoms with Crippen molar-refractivity contribution in [3.63, 3.8) is 0 Å². The molecule has 0 aliphatic carbocycles. The Labute approximate surface area is 112 Å². The van der Waals surface area contributed by atoms with Gasteiger partial charge in [0.15, 0.2) is 0 Å². The van der Waals surface area contributed by atoms with Gasteiger partial charge in [0.1, 0.15) is 11.6 Å². The second-order valence-electron chi connectivity index (χ2n) is 4.57. The lowest BCUT2D eigenvalue weighted by molar-refractivity contribution is 0.466. The van der Waals surface area contributed by atoms with Crippen LogP contribution in [0.5, 0.6) is 5.75 Å². The fourth-order valence-electron chi connectivity index (χ4n) is 1.79. The fraction of sp³-hybridized carbons (Fsp3) is 0.200. The topological polar surface area (TPSA) is 35.5 Å². The Bertz CT molecular complexity index is 570. The summed E-state index contributed by atoms with van der Waals surface area (Å²) in [4.78, 5) is 2.00. The van der Waals surface area contributed by atoms with Crippen LogP contribution < -0.4 is 10.2 Å². The van der Waals surface area contributed by atoms with Gasteiger partial charge in [-0.05, 0) is 36.4 Å². The van der Waals surface area contributed by atoms with Crippen LogP contribution in [-0.2, 0) is 6.54 Å². The predicted octanol–water partition coefficient (Wildman–Crippen LogP) is 3.21. The zero-order chi connectivity index (χ0) is 13.8. The molecule has 2 rings (SSSR count). The van der Waals surface area contributed by atoms with Gasteiger partial charge >= 0.3 is 0 Å². The Kier molecular flexibility index (Phi) is 3.90. The van der Waals surface area contributed by atoms with Gasteiger partial charge in [-0.25, -0.2) is 4.39 Å². The van der Waals surface area contributed by atoms with Crippen molar-refractivity contribution in [1.29, 1.82) is 0 Å². The summed E-state index contributed by atoms with van der Waals surface area (Å²) in [7, 11) is 3.94. The maximum Gasteiger partial charge on any atom is 0.123 e. The maximum absolute atomic E-state index is 13.1. The van der Waals surface area contributed by atoms with E-state index in [1.54, 1.807) is 0 Å². The van der Waals surface area contributed by atoms with Crippen molar-refractivity contribution in [3.8, 4) is 5.75 Å². The fourth-order valence-corrected chi connectivity index (χ4v) is 1.79. The third kappa shape index (κ3) is 3.37. The van der Waals surface area contributed by atoms with Crippen LogP contribution in [0.2, 0.25) is 0 Å². The van der Waals surface area contributed by atoms with Crippen LogP contribution in [0.3, 0.4) is 0 Å². The van der Waals surface area contributed by atoms with Gasteiger partial charge in [-0.3, -0.25) is 0 Å². The molecule has 19 heavy (non-hydrogen) atoms. The van der Waals surface area contributed by atoms with Crippen LogP contribution in [0.15, 0.2) is 42.5 Å². The van der Waals surface area contributed by atoms with E-state index < -0.39 is 0 Å². The van der Waals surface area contributed by atoms with Crippen molar-refractivity contribution in [2.45, 2.75) is 6.54 Å². The van der Waals surface area contributed by atoms with E-state index in [0.29, 0.717) is 12.1 Å². The first-order chi connectivity index (χ1) is 9.06. The summed E-state index contributed by atoms with van der Waals surface area (Å²) in [5.41, 5.74) is 2.54. The molecule has 2 N–H and O–H groups in total. The molecule has 0 atom stereocenters. The molecule has 0 aliphatic heterocycles. The second kappa shape index (κ2) is 5.61. The first kappa shape index (κ1) is 13.2. The van der Waals surface area contributed by atoms with Gasteiger partial charge in [-0.15, -0.1) is 0 Å². The predicted molar refractivity (Wildman–Crippen MR) is 76.2 cm³/mol. The number of nitrogens with one attached hydrogen (secondary N) is 1. The van der Waals surface area contributed by atoms with Crippen LogP contribution in [-0.4, -0.2) is 19.2 Å². The summed E-state index contributed by atoms with van der Waals surface area (Å²) in [6, 6.07) is 11.8. The quantitative estimate of drug-likeness (QED) is 0.886. The Morgan fingerprint density at radius 2 is 1.95 bits per heavy atom. The number of hydrogen-bond donors (Lipinski definition) is 2. The third-order valence-electron chi connectivity index (χ3n) is 2.89. The Morgan fingerprint density at radius 1 is 1.16 bits per heavy atom. The van der Waals surface area contributed by atoms with Crippen molar-refractivity contribution in [3.05, 3.63) is 53.8 Å². The molecule has 0 amide bonds. The standard InChI is InChI=1S/C15H17FN2O/c1-18(2)14-5-3-4-13(9-14)17-10-11-8-12(16)6-7-15(11)19/h3-9,17,19H,10H2,1-2H3. The number of rotatable bonds is 4. The molecule has 0 bridgehead atoms. The van der Waals surface area contributed by atoms with Crippen molar-refractivity contribution in [2.75, 3.05) is 24.3 Å². The number of phenols is 1. The lowest BCUT2D eigenvalue weighted by Crippen LogP contribution is -2.09. The SMILES string of the molecule is CN(C)c1cccc(NCc2cc(F)ccc2O)c1. The molecular formula is C15H17FN2O. The highest BCUT2D eigenvalue weighted by molar-refractivity contribution is 5.57. The van der Waals surface area contributed by atoms with E-state index in [4.69, 9.17) is 0 Å². The van der Waals surface area contributed by atoms with Crippen LogP contribution in [0.4, 0.5) is 15.8 Å². The Morgan fingerprint density at radius 3 is 2.68 bits per heavy atom. The molecule has 0 aromatic heterocycles. The lowest BCUT2D eigenvalue weighted by atomic mass is 10.2. The average molecular weight is 260 g/mol. The van der Waals surface area contributed by atoms with Crippen LogP contribution in [0, 0.1) is 5.82 Å². The van der Waals surface area contributed by atoms with E-state index in [1.807, 2.05) is 43.3 Å². The third-order valence-corrected chi connectivity index (χ3v) is 2.89. The summed E-state index contributed by atoms with van der Waals surface area (Å²) in [5.74, 6) is -0.255. The molecule has 0 radical (unpaired) electrons. The minimum atomic E-state index is -0.350. The number of halogens is 1. The van der Waals surface area contributed by atoms with E-state index in [9.17, 15) is 9.50 Å². The van der Waals surface area contributed by atoms with E-state index >= 15 is 0 Å². The largest absolute Gasteiger partial charge is 0.508 e. The molecule has 4 heteroatoms. The van der Waals surface area contributed by atoms with E-state index in [2.05, 4.69) is 5.32 Å². The van der Waals surface area contributed by atoms with Crippen LogP contribution >= 0.6 is 0 Å². The van der Waals surface area contributed by atoms with Crippen molar-refractivity contribution in [2.24, 2.45) is 0 Å². The highest BCUT2D eigenvalue weighted by Crippen LogP contribution is 2.21.